The SMILES string of the molecule is c1ccc(-c2ccc3c4ccccc4n(-c4cccc(-n5c6ccccc6c6ccc7cc(-c8ccccc8)n(-c8ccccc8)c7c65)c4)c3c2)cc1. The smallest absolute Gasteiger partial charge is 0.0788 e. The summed E-state index contributed by atoms with van der Waals surface area (Å²) >= 11 is 0. The summed E-state index contributed by atoms with van der Waals surface area (Å²) in [6.45, 7) is 0. The molecule has 11 rings (SSSR count). The lowest BCUT2D eigenvalue weighted by atomic mass is 10.0. The summed E-state index contributed by atoms with van der Waals surface area (Å²) in [4.78, 5) is 0. The molecule has 3 aromatic heterocycles. The zero-order chi connectivity index (χ0) is 34.9. The van der Waals surface area contributed by atoms with Gasteiger partial charge in [0.05, 0.1) is 33.3 Å². The largest absolute Gasteiger partial charge is 0.309 e. The monoisotopic (exact) mass is 675 g/mol. The molecule has 0 fully saturated rings. The van der Waals surface area contributed by atoms with E-state index in [2.05, 4.69) is 214 Å². The van der Waals surface area contributed by atoms with Gasteiger partial charge in [-0.25, -0.2) is 0 Å². The molecule has 0 spiro atoms. The van der Waals surface area contributed by atoms with Crippen molar-refractivity contribution in [3.63, 3.8) is 0 Å². The van der Waals surface area contributed by atoms with Gasteiger partial charge >= 0.3 is 0 Å². The van der Waals surface area contributed by atoms with Gasteiger partial charge in [-0.2, -0.15) is 0 Å². The second-order valence-electron chi connectivity index (χ2n) is 13.8. The van der Waals surface area contributed by atoms with Crippen LogP contribution in [-0.4, -0.2) is 13.7 Å². The minimum absolute atomic E-state index is 1.12. The van der Waals surface area contributed by atoms with Crippen LogP contribution in [-0.2, 0) is 0 Å². The molecule has 0 N–H and O–H groups in total. The van der Waals surface area contributed by atoms with E-state index in [1.54, 1.807) is 0 Å². The Hall–Kier alpha value is -7.10. The first-order valence-electron chi connectivity index (χ1n) is 18.2. The Balaban J connectivity index is 1.22. The van der Waals surface area contributed by atoms with Crippen LogP contribution in [0.4, 0.5) is 0 Å². The number of aromatic nitrogens is 3. The van der Waals surface area contributed by atoms with E-state index >= 15 is 0 Å². The van der Waals surface area contributed by atoms with Crippen LogP contribution in [0.2, 0.25) is 0 Å². The first-order chi connectivity index (χ1) is 26.3. The Kier molecular flexibility index (Phi) is 6.55. The van der Waals surface area contributed by atoms with Crippen molar-refractivity contribution in [3.8, 4) is 39.4 Å². The van der Waals surface area contributed by atoms with Gasteiger partial charge in [0.2, 0.25) is 0 Å². The predicted octanol–water partition coefficient (Wildman–Crippen LogP) is 13.2. The number of benzene rings is 8. The lowest BCUT2D eigenvalue weighted by molar-refractivity contribution is 1.11. The van der Waals surface area contributed by atoms with Crippen LogP contribution in [0.3, 0.4) is 0 Å². The molecular weight excluding hydrogens is 643 g/mol. The van der Waals surface area contributed by atoms with Crippen molar-refractivity contribution < 1.29 is 0 Å². The maximum Gasteiger partial charge on any atom is 0.0788 e. The molecule has 0 unspecified atom stereocenters. The van der Waals surface area contributed by atoms with Crippen molar-refractivity contribution in [1.29, 1.82) is 0 Å². The zero-order valence-electron chi connectivity index (χ0n) is 28.9. The van der Waals surface area contributed by atoms with Gasteiger partial charge in [0.1, 0.15) is 0 Å². The van der Waals surface area contributed by atoms with Gasteiger partial charge in [0, 0.05) is 44.0 Å². The zero-order valence-corrected chi connectivity index (χ0v) is 28.9. The van der Waals surface area contributed by atoms with Gasteiger partial charge in [0.15, 0.2) is 0 Å². The number of hydrogen-bond donors (Lipinski definition) is 0. The third-order valence-electron chi connectivity index (χ3n) is 10.8. The summed E-state index contributed by atoms with van der Waals surface area (Å²) in [5.41, 5.74) is 14.1. The molecule has 3 heteroatoms. The summed E-state index contributed by atoms with van der Waals surface area (Å²) in [5.74, 6) is 0. The maximum atomic E-state index is 2.48. The molecule has 8 aromatic carbocycles. The minimum Gasteiger partial charge on any atom is -0.309 e. The summed E-state index contributed by atoms with van der Waals surface area (Å²) < 4.78 is 7.36. The molecule has 3 nitrogen and oxygen atoms in total. The van der Waals surface area contributed by atoms with Gasteiger partial charge in [-0.1, -0.05) is 146 Å². The van der Waals surface area contributed by atoms with Gasteiger partial charge in [0.25, 0.3) is 0 Å². The summed E-state index contributed by atoms with van der Waals surface area (Å²) in [6, 6.07) is 72.7. The van der Waals surface area contributed by atoms with Crippen LogP contribution in [0.1, 0.15) is 0 Å². The molecule has 0 saturated heterocycles. The quantitative estimate of drug-likeness (QED) is 0.172. The summed E-state index contributed by atoms with van der Waals surface area (Å²) in [7, 11) is 0. The molecule has 0 aliphatic heterocycles. The van der Waals surface area contributed by atoms with E-state index in [1.807, 2.05) is 0 Å². The van der Waals surface area contributed by atoms with Gasteiger partial charge in [-0.15, -0.1) is 0 Å². The standard InChI is InChI=1S/C50H33N3/c1-4-15-34(16-5-1)36-27-29-43-41-23-10-12-25-45(41)51(48(43)31-36)39-21-14-22-40(33-39)53-46-26-13-11-24-42(46)44-30-28-37-32-47(35-17-6-2-7-18-35)52(49(37)50(44)53)38-19-8-3-9-20-38/h1-33H. The van der Waals surface area contributed by atoms with E-state index in [1.165, 1.54) is 76.9 Å². The Morgan fingerprint density at radius 3 is 1.55 bits per heavy atom. The van der Waals surface area contributed by atoms with Crippen LogP contribution >= 0.6 is 0 Å². The highest BCUT2D eigenvalue weighted by molar-refractivity contribution is 6.19. The number of fused-ring (bicyclic) bond motifs is 8. The number of para-hydroxylation sites is 3. The topological polar surface area (TPSA) is 14.8 Å². The van der Waals surface area contributed by atoms with Crippen molar-refractivity contribution in [3.05, 3.63) is 200 Å². The molecule has 0 aliphatic carbocycles. The van der Waals surface area contributed by atoms with Crippen LogP contribution in [0.25, 0.3) is 94.0 Å². The van der Waals surface area contributed by atoms with Gasteiger partial charge < -0.3 is 13.7 Å². The fraction of sp³-hybridized carbons (Fsp3) is 0. The Labute approximate surface area is 306 Å². The predicted molar refractivity (Wildman–Crippen MR) is 223 cm³/mol. The highest BCUT2D eigenvalue weighted by Gasteiger charge is 2.22. The minimum atomic E-state index is 1.12. The first-order valence-corrected chi connectivity index (χ1v) is 18.2. The van der Waals surface area contributed by atoms with Crippen LogP contribution in [0.5, 0.6) is 0 Å². The first kappa shape index (κ1) is 29.6. The molecular formula is C50H33N3. The Bertz CT molecular complexity index is 3150. The van der Waals surface area contributed by atoms with Crippen molar-refractivity contribution in [2.75, 3.05) is 0 Å². The fourth-order valence-corrected chi connectivity index (χ4v) is 8.50. The summed E-state index contributed by atoms with van der Waals surface area (Å²) in [5, 5.41) is 6.17. The lowest BCUT2D eigenvalue weighted by Crippen LogP contribution is -2.01. The van der Waals surface area contributed by atoms with Gasteiger partial charge in [-0.3, -0.25) is 0 Å². The van der Waals surface area contributed by atoms with Crippen LogP contribution in [0.15, 0.2) is 200 Å². The molecule has 0 amide bonds. The fourth-order valence-electron chi connectivity index (χ4n) is 8.50. The molecule has 0 atom stereocenters. The van der Waals surface area contributed by atoms with Gasteiger partial charge in [-0.05, 0) is 71.3 Å². The van der Waals surface area contributed by atoms with Crippen molar-refractivity contribution in [1.82, 2.24) is 13.7 Å². The third-order valence-corrected chi connectivity index (χ3v) is 10.8. The number of nitrogens with zero attached hydrogens (tertiary/aromatic N) is 3. The van der Waals surface area contributed by atoms with Crippen LogP contribution < -0.4 is 0 Å². The van der Waals surface area contributed by atoms with E-state index in [-0.39, 0.29) is 0 Å². The lowest BCUT2D eigenvalue weighted by Gasteiger charge is -2.15. The molecule has 11 aromatic rings. The average Bonchev–Trinajstić information content (AvgIpc) is 3.90. The second-order valence-corrected chi connectivity index (χ2v) is 13.8. The molecule has 248 valence electrons. The van der Waals surface area contributed by atoms with Crippen molar-refractivity contribution in [2.24, 2.45) is 0 Å². The highest BCUT2D eigenvalue weighted by atomic mass is 15.1. The Morgan fingerprint density at radius 2 is 0.811 bits per heavy atom. The number of hydrogen-bond acceptors (Lipinski definition) is 0. The average molecular weight is 676 g/mol. The maximum absolute atomic E-state index is 2.48. The molecule has 0 saturated carbocycles. The number of rotatable bonds is 5. The van der Waals surface area contributed by atoms with Crippen molar-refractivity contribution >= 4 is 54.5 Å². The molecule has 3 heterocycles. The van der Waals surface area contributed by atoms with Crippen LogP contribution in [0, 0.1) is 0 Å². The van der Waals surface area contributed by atoms with E-state index in [0.29, 0.717) is 0 Å². The van der Waals surface area contributed by atoms with Crippen molar-refractivity contribution in [2.45, 2.75) is 0 Å². The highest BCUT2D eigenvalue weighted by Crippen LogP contribution is 2.42. The summed E-state index contributed by atoms with van der Waals surface area (Å²) in [6.07, 6.45) is 0. The molecule has 0 bridgehead atoms. The van der Waals surface area contributed by atoms with E-state index in [4.69, 9.17) is 0 Å². The van der Waals surface area contributed by atoms with E-state index in [9.17, 15) is 0 Å². The molecule has 0 aliphatic rings. The third kappa shape index (κ3) is 4.54. The molecule has 53 heavy (non-hydrogen) atoms. The Morgan fingerprint density at radius 1 is 0.264 bits per heavy atom. The van der Waals surface area contributed by atoms with E-state index < -0.39 is 0 Å². The molecule has 0 radical (unpaired) electrons. The second kappa shape index (κ2) is 11.7. The van der Waals surface area contributed by atoms with E-state index in [0.717, 1.165) is 17.1 Å². The normalized spacial score (nSPS) is 11.8.